The fourth-order valence-electron chi connectivity index (χ4n) is 1.70. The van der Waals surface area contributed by atoms with Crippen LogP contribution in [0.1, 0.15) is 18.6 Å². The number of carbonyl (C=O) groups excluding carboxylic acids is 2. The Hall–Kier alpha value is -1.26. The molecule has 1 aromatic heterocycles. The highest BCUT2D eigenvalue weighted by atomic mass is 35.5. The van der Waals surface area contributed by atoms with E-state index in [1.807, 2.05) is 12.1 Å². The molecular formula is C12H10ClNO2S. The number of fused-ring (bicyclic) bond motifs is 1. The zero-order valence-corrected chi connectivity index (χ0v) is 10.9. The number of hydrogen-bond donors (Lipinski definition) is 0. The second-order valence-corrected chi connectivity index (χ2v) is 5.27. The van der Waals surface area contributed by atoms with Crippen LogP contribution in [0.3, 0.4) is 0 Å². The molecule has 1 heterocycles. The predicted molar refractivity (Wildman–Crippen MR) is 69.8 cm³/mol. The van der Waals surface area contributed by atoms with Crippen LogP contribution in [0.4, 0.5) is 0 Å². The summed E-state index contributed by atoms with van der Waals surface area (Å²) in [5.41, 5.74) is 0.730. The molecule has 1 aromatic carbocycles. The number of carbonyl (C=O) groups is 2. The van der Waals surface area contributed by atoms with Gasteiger partial charge in [-0.25, -0.2) is 0 Å². The van der Waals surface area contributed by atoms with Gasteiger partial charge in [0.1, 0.15) is 0 Å². The minimum absolute atomic E-state index is 0.0543. The lowest BCUT2D eigenvalue weighted by molar-refractivity contribution is -0.109. The van der Waals surface area contributed by atoms with Crippen molar-refractivity contribution in [3.8, 4) is 0 Å². The third-order valence-corrected chi connectivity index (χ3v) is 3.33. The first kappa shape index (κ1) is 12.2. The number of thioether (sulfide) groups is 1. The normalized spacial score (nSPS) is 10.8. The van der Waals surface area contributed by atoms with Gasteiger partial charge in [0.05, 0.1) is 10.5 Å². The van der Waals surface area contributed by atoms with E-state index in [2.05, 4.69) is 0 Å². The minimum atomic E-state index is -0.133. The number of aromatic nitrogens is 1. The third kappa shape index (κ3) is 2.37. The standard InChI is InChI=1S/C12H10ClNO2S/c1-7(15)14-11-6-10(13)4-3-9(11)5-12(14)17-8(2)16/h3-6H,1-2H3. The first-order valence-corrected chi connectivity index (χ1v) is 6.19. The van der Waals surface area contributed by atoms with Crippen LogP contribution < -0.4 is 0 Å². The Kier molecular flexibility index (Phi) is 3.26. The molecule has 0 saturated heterocycles. The maximum Gasteiger partial charge on any atom is 0.228 e. The van der Waals surface area contributed by atoms with Gasteiger partial charge in [-0.3, -0.25) is 14.2 Å². The summed E-state index contributed by atoms with van der Waals surface area (Å²) >= 11 is 6.96. The van der Waals surface area contributed by atoms with Crippen molar-refractivity contribution in [2.45, 2.75) is 18.9 Å². The zero-order valence-electron chi connectivity index (χ0n) is 9.36. The Morgan fingerprint density at radius 2 is 1.94 bits per heavy atom. The molecule has 0 radical (unpaired) electrons. The van der Waals surface area contributed by atoms with Crippen molar-refractivity contribution in [3.63, 3.8) is 0 Å². The molecule has 0 amide bonds. The smallest absolute Gasteiger partial charge is 0.228 e. The van der Waals surface area contributed by atoms with Crippen molar-refractivity contribution in [2.24, 2.45) is 0 Å². The van der Waals surface area contributed by atoms with Gasteiger partial charge in [-0.15, -0.1) is 0 Å². The number of halogens is 1. The minimum Gasteiger partial charge on any atom is -0.287 e. The van der Waals surface area contributed by atoms with E-state index < -0.39 is 0 Å². The van der Waals surface area contributed by atoms with E-state index in [-0.39, 0.29) is 11.0 Å². The van der Waals surface area contributed by atoms with Gasteiger partial charge in [-0.2, -0.15) is 0 Å². The van der Waals surface area contributed by atoms with Gasteiger partial charge in [0, 0.05) is 24.3 Å². The molecule has 0 atom stereocenters. The molecule has 0 bridgehead atoms. The van der Waals surface area contributed by atoms with E-state index in [9.17, 15) is 9.59 Å². The quantitative estimate of drug-likeness (QED) is 0.741. The molecule has 0 aliphatic carbocycles. The lowest BCUT2D eigenvalue weighted by Crippen LogP contribution is -2.06. The highest BCUT2D eigenvalue weighted by Gasteiger charge is 2.14. The molecule has 0 aliphatic heterocycles. The van der Waals surface area contributed by atoms with E-state index in [0.29, 0.717) is 10.0 Å². The molecule has 88 valence electrons. The number of benzene rings is 1. The van der Waals surface area contributed by atoms with Gasteiger partial charge in [-0.05, 0) is 30.0 Å². The maximum absolute atomic E-state index is 11.6. The first-order valence-electron chi connectivity index (χ1n) is 4.99. The van der Waals surface area contributed by atoms with Crippen molar-refractivity contribution in [3.05, 3.63) is 29.3 Å². The molecule has 0 spiro atoms. The third-order valence-electron chi connectivity index (χ3n) is 2.30. The zero-order chi connectivity index (χ0) is 12.6. The van der Waals surface area contributed by atoms with E-state index in [1.165, 1.54) is 18.4 Å². The summed E-state index contributed by atoms with van der Waals surface area (Å²) in [6.07, 6.45) is 0. The fourth-order valence-corrected chi connectivity index (χ4v) is 2.66. The van der Waals surface area contributed by atoms with Crippen LogP contribution in [0.15, 0.2) is 29.3 Å². The Morgan fingerprint density at radius 3 is 2.53 bits per heavy atom. The highest BCUT2D eigenvalue weighted by Crippen LogP contribution is 2.29. The van der Waals surface area contributed by atoms with Gasteiger partial charge in [-0.1, -0.05) is 17.7 Å². The highest BCUT2D eigenvalue weighted by molar-refractivity contribution is 8.13. The van der Waals surface area contributed by atoms with E-state index in [4.69, 9.17) is 11.6 Å². The summed E-state index contributed by atoms with van der Waals surface area (Å²) in [6.45, 7) is 2.93. The van der Waals surface area contributed by atoms with Crippen molar-refractivity contribution < 1.29 is 9.59 Å². The second kappa shape index (κ2) is 4.55. The van der Waals surface area contributed by atoms with Crippen molar-refractivity contribution in [2.75, 3.05) is 0 Å². The first-order chi connectivity index (χ1) is 7.99. The van der Waals surface area contributed by atoms with Gasteiger partial charge >= 0.3 is 0 Å². The van der Waals surface area contributed by atoms with E-state index in [0.717, 1.165) is 22.7 Å². The van der Waals surface area contributed by atoms with Crippen molar-refractivity contribution >= 4 is 45.3 Å². The van der Waals surface area contributed by atoms with Crippen LogP contribution in [-0.4, -0.2) is 15.6 Å². The molecule has 2 rings (SSSR count). The molecule has 0 fully saturated rings. The number of rotatable bonds is 1. The molecule has 0 unspecified atom stereocenters. The second-order valence-electron chi connectivity index (χ2n) is 3.63. The summed E-state index contributed by atoms with van der Waals surface area (Å²) in [5, 5.41) is 2.04. The summed E-state index contributed by atoms with van der Waals surface area (Å²) in [4.78, 5) is 22.8. The molecule has 3 nitrogen and oxygen atoms in total. The average molecular weight is 268 g/mol. The lowest BCUT2D eigenvalue weighted by atomic mass is 10.2. The van der Waals surface area contributed by atoms with Crippen LogP contribution in [0.2, 0.25) is 5.02 Å². The van der Waals surface area contributed by atoms with Crippen LogP contribution >= 0.6 is 23.4 Å². The molecule has 0 N–H and O–H groups in total. The van der Waals surface area contributed by atoms with Gasteiger partial charge < -0.3 is 0 Å². The summed E-state index contributed by atoms with van der Waals surface area (Å²) < 4.78 is 1.51. The van der Waals surface area contributed by atoms with Gasteiger partial charge in [0.2, 0.25) is 5.91 Å². The average Bonchev–Trinajstić information content (AvgIpc) is 2.53. The maximum atomic E-state index is 11.6. The van der Waals surface area contributed by atoms with Gasteiger partial charge in [0.25, 0.3) is 0 Å². The lowest BCUT2D eigenvalue weighted by Gasteiger charge is -2.04. The Morgan fingerprint density at radius 1 is 1.24 bits per heavy atom. The number of hydrogen-bond acceptors (Lipinski definition) is 3. The van der Waals surface area contributed by atoms with E-state index in [1.54, 1.807) is 12.1 Å². The SMILES string of the molecule is CC(=O)Sc1cc2ccc(Cl)cc2n1C(C)=O. The Bertz CT molecular complexity index is 618. The Balaban J connectivity index is 2.71. The van der Waals surface area contributed by atoms with Crippen LogP contribution in [-0.2, 0) is 4.79 Å². The largest absolute Gasteiger partial charge is 0.287 e. The fraction of sp³-hybridized carbons (Fsp3) is 0.167. The van der Waals surface area contributed by atoms with E-state index >= 15 is 0 Å². The van der Waals surface area contributed by atoms with Crippen LogP contribution in [0, 0.1) is 0 Å². The summed E-state index contributed by atoms with van der Waals surface area (Å²) in [6, 6.07) is 7.14. The number of nitrogens with zero attached hydrogens (tertiary/aromatic N) is 1. The summed E-state index contributed by atoms with van der Waals surface area (Å²) in [7, 11) is 0. The predicted octanol–water partition coefficient (Wildman–Crippen LogP) is 3.59. The van der Waals surface area contributed by atoms with Crippen molar-refractivity contribution in [1.29, 1.82) is 0 Å². The topological polar surface area (TPSA) is 39.1 Å². The Labute approximate surface area is 108 Å². The molecular weight excluding hydrogens is 258 g/mol. The monoisotopic (exact) mass is 267 g/mol. The van der Waals surface area contributed by atoms with Crippen LogP contribution in [0.25, 0.3) is 10.9 Å². The molecule has 0 aliphatic rings. The molecule has 5 heteroatoms. The molecule has 2 aromatic rings. The van der Waals surface area contributed by atoms with Gasteiger partial charge in [0.15, 0.2) is 5.12 Å². The van der Waals surface area contributed by atoms with Crippen molar-refractivity contribution in [1.82, 2.24) is 4.57 Å². The molecule has 0 saturated carbocycles. The molecule has 17 heavy (non-hydrogen) atoms. The summed E-state index contributed by atoms with van der Waals surface area (Å²) in [5.74, 6) is -0.133. The van der Waals surface area contributed by atoms with Crippen LogP contribution in [0.5, 0.6) is 0 Å².